The number of carbonyl (C=O) groups excluding carboxylic acids is 1. The third kappa shape index (κ3) is 4.79. The predicted molar refractivity (Wildman–Crippen MR) is 86.0 cm³/mol. The highest BCUT2D eigenvalue weighted by molar-refractivity contribution is 6.35. The number of hydrogen-bond donors (Lipinski definition) is 1. The molecular formula is C15H13Cl2FN2O3. The first-order valence-corrected chi connectivity index (χ1v) is 7.31. The second-order valence-electron chi connectivity index (χ2n) is 4.40. The maximum atomic E-state index is 13.4. The molecule has 1 N–H and O–H groups in total. The van der Waals surface area contributed by atoms with E-state index in [4.69, 9.17) is 32.7 Å². The van der Waals surface area contributed by atoms with Crippen LogP contribution in [0.5, 0.6) is 5.75 Å². The first-order chi connectivity index (χ1) is 11.0. The third-order valence-electron chi connectivity index (χ3n) is 2.76. The zero-order chi connectivity index (χ0) is 16.8. The van der Waals surface area contributed by atoms with Gasteiger partial charge in [0.15, 0.2) is 0 Å². The van der Waals surface area contributed by atoms with Crippen LogP contribution in [0.15, 0.2) is 30.3 Å². The van der Waals surface area contributed by atoms with Crippen molar-refractivity contribution in [2.75, 3.05) is 25.6 Å². The Morgan fingerprint density at radius 1 is 1.26 bits per heavy atom. The van der Waals surface area contributed by atoms with E-state index in [1.807, 2.05) is 0 Å². The van der Waals surface area contributed by atoms with Gasteiger partial charge in [0.05, 0.1) is 17.3 Å². The van der Waals surface area contributed by atoms with Crippen molar-refractivity contribution in [3.8, 4) is 5.75 Å². The number of nitrogens with one attached hydrogen (secondary N) is 1. The van der Waals surface area contributed by atoms with Gasteiger partial charge in [-0.25, -0.2) is 9.37 Å². The average molecular weight is 359 g/mol. The highest BCUT2D eigenvalue weighted by Gasteiger charge is 2.16. The standard InChI is InChI=1S/C15H13Cl2FN2O3/c1-22-6-7-23-12-4-2-9(18)8-11(12)19-15(21)14-10(16)3-5-13(17)20-14/h2-5,8H,6-7H2,1H3,(H,19,21). The normalized spacial score (nSPS) is 10.4. The van der Waals surface area contributed by atoms with Crippen molar-refractivity contribution in [1.82, 2.24) is 4.98 Å². The molecule has 0 bridgehead atoms. The van der Waals surface area contributed by atoms with Crippen molar-refractivity contribution in [1.29, 1.82) is 0 Å². The highest BCUT2D eigenvalue weighted by atomic mass is 35.5. The summed E-state index contributed by atoms with van der Waals surface area (Å²) in [5, 5.41) is 2.76. The van der Waals surface area contributed by atoms with E-state index in [2.05, 4.69) is 10.3 Å². The van der Waals surface area contributed by atoms with E-state index < -0.39 is 11.7 Å². The van der Waals surface area contributed by atoms with Crippen LogP contribution in [-0.4, -0.2) is 31.2 Å². The van der Waals surface area contributed by atoms with Gasteiger partial charge in [0.25, 0.3) is 5.91 Å². The smallest absolute Gasteiger partial charge is 0.275 e. The minimum absolute atomic E-state index is 0.0636. The zero-order valence-electron chi connectivity index (χ0n) is 12.1. The number of halogens is 3. The molecule has 0 saturated carbocycles. The molecule has 2 aromatic rings. The predicted octanol–water partition coefficient (Wildman–Crippen LogP) is 3.81. The highest BCUT2D eigenvalue weighted by Crippen LogP contribution is 2.27. The van der Waals surface area contributed by atoms with Crippen LogP contribution in [0, 0.1) is 5.82 Å². The molecule has 0 spiro atoms. The zero-order valence-corrected chi connectivity index (χ0v) is 13.6. The summed E-state index contributed by atoms with van der Waals surface area (Å²) in [6.07, 6.45) is 0. The number of nitrogens with zero attached hydrogens (tertiary/aromatic N) is 1. The first-order valence-electron chi connectivity index (χ1n) is 6.56. The molecule has 0 aliphatic heterocycles. The number of anilines is 1. The fourth-order valence-electron chi connectivity index (χ4n) is 1.72. The van der Waals surface area contributed by atoms with E-state index in [9.17, 15) is 9.18 Å². The monoisotopic (exact) mass is 358 g/mol. The van der Waals surface area contributed by atoms with Crippen LogP contribution < -0.4 is 10.1 Å². The van der Waals surface area contributed by atoms with Gasteiger partial charge < -0.3 is 14.8 Å². The van der Waals surface area contributed by atoms with Gasteiger partial charge in [-0.15, -0.1) is 0 Å². The SMILES string of the molecule is COCCOc1ccc(F)cc1NC(=O)c1nc(Cl)ccc1Cl. The van der Waals surface area contributed by atoms with E-state index in [0.29, 0.717) is 12.4 Å². The maximum Gasteiger partial charge on any atom is 0.275 e. The van der Waals surface area contributed by atoms with Gasteiger partial charge in [0.2, 0.25) is 0 Å². The molecule has 0 unspecified atom stereocenters. The molecule has 1 heterocycles. The fraction of sp³-hybridized carbons (Fsp3) is 0.200. The first kappa shape index (κ1) is 17.5. The van der Waals surface area contributed by atoms with E-state index >= 15 is 0 Å². The second-order valence-corrected chi connectivity index (χ2v) is 5.19. The Kier molecular flexibility index (Phi) is 6.15. The number of aromatic nitrogens is 1. The summed E-state index contributed by atoms with van der Waals surface area (Å²) in [5.41, 5.74) is 0.0928. The van der Waals surface area contributed by atoms with Crippen molar-refractivity contribution >= 4 is 34.8 Å². The summed E-state index contributed by atoms with van der Waals surface area (Å²) in [6, 6.07) is 6.68. The Morgan fingerprint density at radius 2 is 2.04 bits per heavy atom. The molecule has 0 aliphatic rings. The van der Waals surface area contributed by atoms with Gasteiger partial charge in [-0.1, -0.05) is 23.2 Å². The number of ether oxygens (including phenoxy) is 2. The Bertz CT molecular complexity index is 713. The molecule has 0 fully saturated rings. The van der Waals surface area contributed by atoms with Crippen molar-refractivity contribution in [2.45, 2.75) is 0 Å². The van der Waals surface area contributed by atoms with Gasteiger partial charge in [-0.2, -0.15) is 0 Å². The summed E-state index contributed by atoms with van der Waals surface area (Å²) in [5.74, 6) is -0.848. The minimum atomic E-state index is -0.625. The molecule has 8 heteroatoms. The maximum absolute atomic E-state index is 13.4. The number of benzene rings is 1. The molecule has 23 heavy (non-hydrogen) atoms. The van der Waals surface area contributed by atoms with Crippen LogP contribution in [0.4, 0.5) is 10.1 Å². The number of pyridine rings is 1. The largest absolute Gasteiger partial charge is 0.489 e. The lowest BCUT2D eigenvalue weighted by Crippen LogP contribution is -2.16. The molecule has 122 valence electrons. The third-order valence-corrected chi connectivity index (χ3v) is 3.28. The van der Waals surface area contributed by atoms with Gasteiger partial charge in [0, 0.05) is 13.2 Å². The Hall–Kier alpha value is -1.89. The van der Waals surface area contributed by atoms with E-state index in [0.717, 1.165) is 6.07 Å². The van der Waals surface area contributed by atoms with Gasteiger partial charge >= 0.3 is 0 Å². The van der Waals surface area contributed by atoms with Crippen LogP contribution in [0.3, 0.4) is 0 Å². The van der Waals surface area contributed by atoms with Gasteiger partial charge in [-0.05, 0) is 24.3 Å². The van der Waals surface area contributed by atoms with Crippen molar-refractivity contribution in [3.63, 3.8) is 0 Å². The molecule has 0 aliphatic carbocycles. The quantitative estimate of drug-likeness (QED) is 0.630. The molecule has 2 rings (SSSR count). The second kappa shape index (κ2) is 8.10. The molecule has 0 saturated heterocycles. The number of rotatable bonds is 6. The Balaban J connectivity index is 2.22. The van der Waals surface area contributed by atoms with E-state index in [1.54, 1.807) is 0 Å². The van der Waals surface area contributed by atoms with Crippen molar-refractivity contribution < 1.29 is 18.7 Å². The summed E-state index contributed by atoms with van der Waals surface area (Å²) < 4.78 is 23.8. The average Bonchev–Trinajstić information content (AvgIpc) is 2.52. The lowest BCUT2D eigenvalue weighted by Gasteiger charge is -2.12. The number of carbonyl (C=O) groups is 1. The van der Waals surface area contributed by atoms with Crippen LogP contribution >= 0.6 is 23.2 Å². The molecule has 1 amide bonds. The van der Waals surface area contributed by atoms with Crippen LogP contribution in [0.1, 0.15) is 10.5 Å². The number of hydrogen-bond acceptors (Lipinski definition) is 4. The summed E-state index contributed by atoms with van der Waals surface area (Å²) in [4.78, 5) is 16.1. The summed E-state index contributed by atoms with van der Waals surface area (Å²) >= 11 is 11.7. The fourth-order valence-corrected chi connectivity index (χ4v) is 2.06. The molecule has 1 aromatic heterocycles. The Morgan fingerprint density at radius 3 is 2.78 bits per heavy atom. The van der Waals surface area contributed by atoms with E-state index in [-0.39, 0.29) is 28.2 Å². The molecule has 0 atom stereocenters. The van der Waals surface area contributed by atoms with Gasteiger partial charge in [-0.3, -0.25) is 4.79 Å². The van der Waals surface area contributed by atoms with Crippen molar-refractivity contribution in [3.05, 3.63) is 52.0 Å². The Labute approximate surface area is 142 Å². The number of methoxy groups -OCH3 is 1. The van der Waals surface area contributed by atoms with Crippen LogP contribution in [-0.2, 0) is 4.74 Å². The number of amides is 1. The van der Waals surface area contributed by atoms with Crippen molar-refractivity contribution in [2.24, 2.45) is 0 Å². The summed E-state index contributed by atoms with van der Waals surface area (Å²) in [6.45, 7) is 0.605. The molecule has 5 nitrogen and oxygen atoms in total. The molecular weight excluding hydrogens is 346 g/mol. The van der Waals surface area contributed by atoms with E-state index in [1.165, 1.54) is 31.4 Å². The topological polar surface area (TPSA) is 60.5 Å². The minimum Gasteiger partial charge on any atom is -0.489 e. The lowest BCUT2D eigenvalue weighted by atomic mass is 10.2. The van der Waals surface area contributed by atoms with Crippen LogP contribution in [0.2, 0.25) is 10.2 Å². The molecule has 1 aromatic carbocycles. The van der Waals surface area contributed by atoms with Crippen LogP contribution in [0.25, 0.3) is 0 Å². The molecule has 0 radical (unpaired) electrons. The lowest BCUT2D eigenvalue weighted by molar-refractivity contribution is 0.102. The summed E-state index contributed by atoms with van der Waals surface area (Å²) in [7, 11) is 1.53. The van der Waals surface area contributed by atoms with Gasteiger partial charge in [0.1, 0.15) is 29.0 Å².